The lowest BCUT2D eigenvalue weighted by Crippen LogP contribution is -2.42. The molecule has 0 unspecified atom stereocenters. The minimum absolute atomic E-state index is 0.156. The van der Waals surface area contributed by atoms with E-state index in [2.05, 4.69) is 181 Å². The molecule has 0 radical (unpaired) electrons. The van der Waals surface area contributed by atoms with Gasteiger partial charge in [0.2, 0.25) is 0 Å². The van der Waals surface area contributed by atoms with Crippen LogP contribution in [-0.2, 0) is 11.3 Å². The lowest BCUT2D eigenvalue weighted by Gasteiger charge is -2.25. The van der Waals surface area contributed by atoms with Crippen LogP contribution in [0, 0.1) is 0 Å². The number of thiophene rings is 1. The molecule has 0 spiro atoms. The number of hydrogen-bond acceptors (Lipinski definition) is 4. The summed E-state index contributed by atoms with van der Waals surface area (Å²) in [5.41, 5.74) is 13.3. The highest BCUT2D eigenvalue weighted by molar-refractivity contribution is 7.19. The zero-order valence-electron chi connectivity index (χ0n) is 28.3. The van der Waals surface area contributed by atoms with Gasteiger partial charge in [-0.2, -0.15) is 0 Å². The lowest BCUT2D eigenvalue weighted by molar-refractivity contribution is 0.337. The number of fused-ring (bicyclic) bond motifs is 4. The van der Waals surface area contributed by atoms with Gasteiger partial charge in [0.25, 0.3) is 0 Å². The van der Waals surface area contributed by atoms with Crippen LogP contribution in [0.3, 0.4) is 0 Å². The smallest absolute Gasteiger partial charge is 0.362 e. The molecule has 1 aliphatic rings. The van der Waals surface area contributed by atoms with Gasteiger partial charge in [-0.25, -0.2) is 0 Å². The van der Waals surface area contributed by atoms with Crippen LogP contribution in [0.1, 0.15) is 5.56 Å². The van der Waals surface area contributed by atoms with Crippen molar-refractivity contribution in [2.75, 3.05) is 4.90 Å². The summed E-state index contributed by atoms with van der Waals surface area (Å²) in [4.78, 5) is 3.59. The summed E-state index contributed by atoms with van der Waals surface area (Å²) < 4.78 is 13.2. The molecule has 0 bridgehead atoms. The van der Waals surface area contributed by atoms with Crippen LogP contribution in [0.25, 0.3) is 54.6 Å². The molecule has 2 aromatic heterocycles. The van der Waals surface area contributed by atoms with Crippen molar-refractivity contribution < 1.29 is 9.07 Å². The molecule has 246 valence electrons. The number of rotatable bonds is 7. The second-order valence-corrected chi connectivity index (χ2v) is 14.3. The molecule has 52 heavy (non-hydrogen) atoms. The zero-order chi connectivity index (χ0) is 34.4. The Kier molecular flexibility index (Phi) is 7.60. The largest absolute Gasteiger partial charge is 0.456 e. The summed E-state index contributed by atoms with van der Waals surface area (Å²) in [7, 11) is 0. The Morgan fingerprint density at radius 1 is 0.519 bits per heavy atom. The Labute approximate surface area is 307 Å². The molecule has 10 rings (SSSR count). The van der Waals surface area contributed by atoms with Crippen LogP contribution >= 0.6 is 11.3 Å². The normalized spacial score (nSPS) is 12.4. The van der Waals surface area contributed by atoms with Gasteiger partial charge in [0, 0.05) is 27.4 Å². The molecular formula is C47H32BNO2S. The quantitative estimate of drug-likeness (QED) is 0.156. The Hall–Kier alpha value is -6.14. The number of furan rings is 1. The molecule has 0 atom stereocenters. The molecule has 0 saturated carbocycles. The molecule has 0 amide bonds. The first kappa shape index (κ1) is 30.7. The average molecular weight is 686 g/mol. The maximum Gasteiger partial charge on any atom is 0.362 e. The summed E-state index contributed by atoms with van der Waals surface area (Å²) in [6.45, 7) is 0.423. The van der Waals surface area contributed by atoms with Gasteiger partial charge in [-0.1, -0.05) is 140 Å². The van der Waals surface area contributed by atoms with E-state index in [0.717, 1.165) is 54.9 Å². The van der Waals surface area contributed by atoms with Crippen molar-refractivity contribution in [3.8, 4) is 32.7 Å². The molecule has 3 nitrogen and oxygen atoms in total. The van der Waals surface area contributed by atoms with Gasteiger partial charge in [-0.05, 0) is 80.7 Å². The highest BCUT2D eigenvalue weighted by Gasteiger charge is 2.33. The maximum atomic E-state index is 6.70. The van der Waals surface area contributed by atoms with Crippen LogP contribution in [0.15, 0.2) is 186 Å². The highest BCUT2D eigenvalue weighted by atomic mass is 32.1. The fourth-order valence-corrected chi connectivity index (χ4v) is 8.71. The van der Waals surface area contributed by atoms with E-state index in [0.29, 0.717) is 6.61 Å². The molecule has 0 saturated heterocycles. The Bertz CT molecular complexity index is 2690. The van der Waals surface area contributed by atoms with E-state index in [-0.39, 0.29) is 6.92 Å². The topological polar surface area (TPSA) is 25.6 Å². The van der Waals surface area contributed by atoms with Crippen LogP contribution < -0.4 is 15.8 Å². The van der Waals surface area contributed by atoms with Gasteiger partial charge >= 0.3 is 6.92 Å². The summed E-state index contributed by atoms with van der Waals surface area (Å²) in [5.74, 6) is 0. The van der Waals surface area contributed by atoms with Gasteiger partial charge in [0.05, 0.1) is 12.3 Å². The van der Waals surface area contributed by atoms with E-state index in [1.165, 1.54) is 32.6 Å². The number of hydrogen-bond donors (Lipinski definition) is 0. The van der Waals surface area contributed by atoms with Gasteiger partial charge in [0.1, 0.15) is 16.2 Å². The molecule has 0 aliphatic carbocycles. The fourth-order valence-electron chi connectivity index (χ4n) is 7.65. The first-order valence-corrected chi connectivity index (χ1v) is 18.4. The molecule has 0 fully saturated rings. The molecule has 1 aliphatic heterocycles. The minimum atomic E-state index is -0.156. The molecule has 9 aromatic rings. The predicted molar refractivity (Wildman–Crippen MR) is 219 cm³/mol. The Balaban J connectivity index is 1.20. The van der Waals surface area contributed by atoms with Gasteiger partial charge in [-0.15, -0.1) is 11.3 Å². The van der Waals surface area contributed by atoms with E-state index in [4.69, 9.17) is 9.07 Å². The van der Waals surface area contributed by atoms with Gasteiger partial charge in [0.15, 0.2) is 0 Å². The van der Waals surface area contributed by atoms with Crippen LogP contribution in [-0.4, -0.2) is 6.92 Å². The highest BCUT2D eigenvalue weighted by Crippen LogP contribution is 2.46. The first-order chi connectivity index (χ1) is 25.8. The van der Waals surface area contributed by atoms with Crippen molar-refractivity contribution in [3.05, 3.63) is 188 Å². The standard InChI is InChI=1S/C47H32BNO2S/c1-4-13-32(14-5-1)33-23-25-37(26-24-33)49(45-28-27-44(52-45)34-15-6-2-7-16-34)38-29-41(46-40-20-10-11-22-42(40)51-43(46)30-38)39-21-12-17-35-31-50-48(47(35)39)36-18-8-3-9-19-36/h1-30H,31H2. The molecular weight excluding hydrogens is 653 g/mol. The molecule has 3 heterocycles. The van der Waals surface area contributed by atoms with Crippen molar-refractivity contribution >= 4 is 67.5 Å². The van der Waals surface area contributed by atoms with E-state index in [1.807, 2.05) is 6.07 Å². The second kappa shape index (κ2) is 12.9. The van der Waals surface area contributed by atoms with Gasteiger partial charge < -0.3 is 14.0 Å². The van der Waals surface area contributed by atoms with E-state index in [9.17, 15) is 0 Å². The van der Waals surface area contributed by atoms with Crippen molar-refractivity contribution in [2.45, 2.75) is 6.61 Å². The van der Waals surface area contributed by atoms with Crippen molar-refractivity contribution in [2.24, 2.45) is 0 Å². The molecule has 5 heteroatoms. The second-order valence-electron chi connectivity index (χ2n) is 13.2. The number of nitrogens with zero attached hydrogens (tertiary/aromatic N) is 1. The van der Waals surface area contributed by atoms with E-state index in [1.54, 1.807) is 11.3 Å². The Morgan fingerprint density at radius 3 is 2.00 bits per heavy atom. The average Bonchev–Trinajstić information content (AvgIpc) is 3.97. The van der Waals surface area contributed by atoms with Crippen molar-refractivity contribution in [1.29, 1.82) is 0 Å². The summed E-state index contributed by atoms with van der Waals surface area (Å²) in [6, 6.07) is 64.6. The number of benzene rings is 7. The van der Waals surface area contributed by atoms with Crippen LogP contribution in [0.4, 0.5) is 16.4 Å². The minimum Gasteiger partial charge on any atom is -0.456 e. The van der Waals surface area contributed by atoms with Crippen molar-refractivity contribution in [3.63, 3.8) is 0 Å². The SMILES string of the molecule is c1ccc(B2OCc3cccc(-c4cc(N(c5ccc(-c6ccccc6)cc5)c5ccc(-c6ccccc6)s5)cc5oc6ccccc6c45)c32)cc1. The van der Waals surface area contributed by atoms with Crippen LogP contribution in [0.5, 0.6) is 0 Å². The number of para-hydroxylation sites is 1. The third-order valence-corrected chi connectivity index (χ3v) is 11.2. The van der Waals surface area contributed by atoms with Gasteiger partial charge in [-0.3, -0.25) is 0 Å². The summed E-state index contributed by atoms with van der Waals surface area (Å²) in [6.07, 6.45) is 0. The summed E-state index contributed by atoms with van der Waals surface area (Å²) in [5, 5.41) is 3.34. The van der Waals surface area contributed by atoms with E-state index < -0.39 is 0 Å². The van der Waals surface area contributed by atoms with E-state index >= 15 is 0 Å². The third kappa shape index (κ3) is 5.34. The maximum absolute atomic E-state index is 6.70. The predicted octanol–water partition coefficient (Wildman–Crippen LogP) is 11.8. The Morgan fingerprint density at radius 2 is 1.21 bits per heavy atom. The third-order valence-electron chi connectivity index (χ3n) is 10.1. The van der Waals surface area contributed by atoms with Crippen LogP contribution in [0.2, 0.25) is 0 Å². The lowest BCUT2D eigenvalue weighted by atomic mass is 9.54. The first-order valence-electron chi connectivity index (χ1n) is 17.6. The molecule has 7 aromatic carbocycles. The summed E-state index contributed by atoms with van der Waals surface area (Å²) >= 11 is 1.79. The number of anilines is 3. The molecule has 0 N–H and O–H groups in total. The zero-order valence-corrected chi connectivity index (χ0v) is 29.1. The van der Waals surface area contributed by atoms with Crippen molar-refractivity contribution in [1.82, 2.24) is 0 Å². The monoisotopic (exact) mass is 685 g/mol. The fraction of sp³-hybridized carbons (Fsp3) is 0.0213.